The quantitative estimate of drug-likeness (QED) is 0.323. The fraction of sp³-hybridized carbons (Fsp3) is 0.286. The lowest BCUT2D eigenvalue weighted by Gasteiger charge is -2.19. The van der Waals surface area contributed by atoms with Crippen LogP contribution in [0.5, 0.6) is 0 Å². The van der Waals surface area contributed by atoms with Gasteiger partial charge in [0.15, 0.2) is 6.61 Å². The van der Waals surface area contributed by atoms with Crippen LogP contribution in [0.2, 0.25) is 0 Å². The number of hydrogen-bond donors (Lipinski definition) is 1. The van der Waals surface area contributed by atoms with Crippen LogP contribution < -0.4 is 5.32 Å². The van der Waals surface area contributed by atoms with Crippen LogP contribution in [0.3, 0.4) is 0 Å². The van der Waals surface area contributed by atoms with Gasteiger partial charge in [-0.25, -0.2) is 9.59 Å². The van der Waals surface area contributed by atoms with Crippen molar-refractivity contribution in [2.45, 2.75) is 33.3 Å². The van der Waals surface area contributed by atoms with Crippen molar-refractivity contribution in [3.63, 3.8) is 0 Å². The third kappa shape index (κ3) is 6.40. The fourth-order valence-corrected chi connectivity index (χ4v) is 2.39. The summed E-state index contributed by atoms with van der Waals surface area (Å²) in [7, 11) is 0. The highest BCUT2D eigenvalue weighted by Gasteiger charge is 2.18. The molecular formula is C21H22N2O7. The predicted octanol–water partition coefficient (Wildman–Crippen LogP) is 4.29. The Morgan fingerprint density at radius 3 is 2.20 bits per heavy atom. The highest BCUT2D eigenvalue weighted by atomic mass is 16.6. The molecule has 9 heteroatoms. The standard InChI is InChI=1S/C21H22N2O7/c1-13-5-6-15(11-17(13)23(27)28)18(24)12-29-19(25)14-7-9-16(10-8-14)22-20(26)30-21(2,3)4/h5-11H,12H2,1-4H3,(H,22,26). The number of ketones is 1. The largest absolute Gasteiger partial charge is 0.454 e. The zero-order chi connectivity index (χ0) is 22.5. The number of ether oxygens (including phenoxy) is 2. The van der Waals surface area contributed by atoms with Crippen molar-refractivity contribution in [3.05, 3.63) is 69.3 Å². The predicted molar refractivity (Wildman–Crippen MR) is 109 cm³/mol. The third-order valence-corrected chi connectivity index (χ3v) is 3.83. The molecule has 1 N–H and O–H groups in total. The van der Waals surface area contributed by atoms with Gasteiger partial charge in [0.2, 0.25) is 5.78 Å². The summed E-state index contributed by atoms with van der Waals surface area (Å²) < 4.78 is 10.1. The molecule has 1 amide bonds. The first-order valence-electron chi connectivity index (χ1n) is 9.02. The molecule has 2 aromatic rings. The van der Waals surface area contributed by atoms with Crippen LogP contribution >= 0.6 is 0 Å². The SMILES string of the molecule is Cc1ccc(C(=O)COC(=O)c2ccc(NC(=O)OC(C)(C)C)cc2)cc1[N+](=O)[O-]. The molecule has 0 aliphatic heterocycles. The van der Waals surface area contributed by atoms with Crippen molar-refractivity contribution >= 4 is 29.2 Å². The average molecular weight is 414 g/mol. The number of carbonyl (C=O) groups excluding carboxylic acids is 3. The van der Waals surface area contributed by atoms with E-state index >= 15 is 0 Å². The summed E-state index contributed by atoms with van der Waals surface area (Å²) in [6.07, 6.45) is -0.629. The summed E-state index contributed by atoms with van der Waals surface area (Å²) in [5, 5.41) is 13.5. The zero-order valence-electron chi connectivity index (χ0n) is 17.1. The molecule has 9 nitrogen and oxygen atoms in total. The van der Waals surface area contributed by atoms with E-state index in [1.165, 1.54) is 36.4 Å². The van der Waals surface area contributed by atoms with E-state index in [0.717, 1.165) is 6.07 Å². The normalized spacial score (nSPS) is 10.8. The third-order valence-electron chi connectivity index (χ3n) is 3.83. The van der Waals surface area contributed by atoms with Crippen LogP contribution in [0.1, 0.15) is 47.1 Å². The van der Waals surface area contributed by atoms with E-state index < -0.39 is 35.0 Å². The number of nitrogens with zero attached hydrogens (tertiary/aromatic N) is 1. The molecule has 0 fully saturated rings. The molecule has 0 saturated heterocycles. The summed E-state index contributed by atoms with van der Waals surface area (Å²) in [5.74, 6) is -1.30. The fourth-order valence-electron chi connectivity index (χ4n) is 2.39. The molecule has 0 aliphatic rings. The van der Waals surface area contributed by atoms with Gasteiger partial charge in [0.1, 0.15) is 5.60 Å². The van der Waals surface area contributed by atoms with Crippen molar-refractivity contribution in [1.29, 1.82) is 0 Å². The van der Waals surface area contributed by atoms with Gasteiger partial charge in [-0.15, -0.1) is 0 Å². The number of nitro groups is 1. The van der Waals surface area contributed by atoms with Crippen molar-refractivity contribution < 1.29 is 28.8 Å². The Balaban J connectivity index is 1.95. The van der Waals surface area contributed by atoms with E-state index in [1.54, 1.807) is 27.7 Å². The molecule has 0 aliphatic carbocycles. The molecule has 0 saturated carbocycles. The van der Waals surface area contributed by atoms with Crippen LogP contribution in [0.15, 0.2) is 42.5 Å². The molecule has 0 heterocycles. The molecule has 0 radical (unpaired) electrons. The van der Waals surface area contributed by atoms with Crippen LogP contribution in [-0.2, 0) is 9.47 Å². The molecular weight excluding hydrogens is 392 g/mol. The summed E-state index contributed by atoms with van der Waals surface area (Å²) in [6.45, 7) is 6.22. The Kier molecular flexibility index (Phi) is 6.89. The minimum atomic E-state index is -0.742. The van der Waals surface area contributed by atoms with Crippen LogP contribution in [-0.4, -0.2) is 35.0 Å². The van der Waals surface area contributed by atoms with E-state index in [4.69, 9.17) is 9.47 Å². The summed E-state index contributed by atoms with van der Waals surface area (Å²) >= 11 is 0. The summed E-state index contributed by atoms with van der Waals surface area (Å²) in [6, 6.07) is 9.89. The Morgan fingerprint density at radius 2 is 1.63 bits per heavy atom. The zero-order valence-corrected chi connectivity index (χ0v) is 17.1. The van der Waals surface area contributed by atoms with E-state index in [-0.39, 0.29) is 16.8 Å². The topological polar surface area (TPSA) is 125 Å². The number of carbonyl (C=O) groups is 3. The smallest absolute Gasteiger partial charge is 0.412 e. The maximum absolute atomic E-state index is 12.2. The maximum Gasteiger partial charge on any atom is 0.412 e. The molecule has 2 rings (SSSR count). The van der Waals surface area contributed by atoms with E-state index in [2.05, 4.69) is 5.32 Å². The first-order chi connectivity index (χ1) is 14.0. The van der Waals surface area contributed by atoms with E-state index in [1.807, 2.05) is 0 Å². The second-order valence-corrected chi connectivity index (χ2v) is 7.46. The van der Waals surface area contributed by atoms with Crippen molar-refractivity contribution in [3.8, 4) is 0 Å². The number of esters is 1. The molecule has 0 aromatic heterocycles. The highest BCUT2D eigenvalue weighted by molar-refractivity contribution is 6.00. The van der Waals surface area contributed by atoms with Crippen molar-refractivity contribution in [2.75, 3.05) is 11.9 Å². The first-order valence-corrected chi connectivity index (χ1v) is 9.02. The Morgan fingerprint density at radius 1 is 1.03 bits per heavy atom. The highest BCUT2D eigenvalue weighted by Crippen LogP contribution is 2.20. The van der Waals surface area contributed by atoms with Crippen LogP contribution in [0, 0.1) is 17.0 Å². The molecule has 0 spiro atoms. The minimum absolute atomic E-state index is 0.0806. The summed E-state index contributed by atoms with van der Waals surface area (Å²) in [4.78, 5) is 46.5. The molecule has 158 valence electrons. The lowest BCUT2D eigenvalue weighted by atomic mass is 10.1. The number of benzene rings is 2. The Bertz CT molecular complexity index is 976. The number of nitro benzene ring substituents is 1. The second-order valence-electron chi connectivity index (χ2n) is 7.46. The number of aryl methyl sites for hydroxylation is 1. The van der Waals surface area contributed by atoms with Gasteiger partial charge in [-0.2, -0.15) is 0 Å². The molecule has 30 heavy (non-hydrogen) atoms. The van der Waals surface area contributed by atoms with Gasteiger partial charge >= 0.3 is 12.1 Å². The van der Waals surface area contributed by atoms with E-state index in [0.29, 0.717) is 11.3 Å². The monoisotopic (exact) mass is 414 g/mol. The second kappa shape index (κ2) is 9.17. The summed E-state index contributed by atoms with van der Waals surface area (Å²) in [5.41, 5.74) is 0.278. The minimum Gasteiger partial charge on any atom is -0.454 e. The Labute approximate surface area is 173 Å². The van der Waals surface area contributed by atoms with Crippen molar-refractivity contribution in [2.24, 2.45) is 0 Å². The van der Waals surface area contributed by atoms with Crippen LogP contribution in [0.4, 0.5) is 16.2 Å². The molecule has 0 bridgehead atoms. The number of rotatable bonds is 6. The maximum atomic E-state index is 12.2. The van der Waals surface area contributed by atoms with Gasteiger partial charge in [0.25, 0.3) is 5.69 Å². The van der Waals surface area contributed by atoms with Gasteiger partial charge in [0.05, 0.1) is 10.5 Å². The molecule has 0 atom stereocenters. The Hall–Kier alpha value is -3.75. The number of amides is 1. The molecule has 2 aromatic carbocycles. The average Bonchev–Trinajstić information content (AvgIpc) is 2.65. The number of hydrogen-bond acceptors (Lipinski definition) is 7. The number of anilines is 1. The van der Waals surface area contributed by atoms with Crippen LogP contribution in [0.25, 0.3) is 0 Å². The van der Waals surface area contributed by atoms with Crippen molar-refractivity contribution in [1.82, 2.24) is 0 Å². The van der Waals surface area contributed by atoms with Gasteiger partial charge < -0.3 is 9.47 Å². The lowest BCUT2D eigenvalue weighted by molar-refractivity contribution is -0.385. The lowest BCUT2D eigenvalue weighted by Crippen LogP contribution is -2.27. The van der Waals surface area contributed by atoms with Gasteiger partial charge in [-0.05, 0) is 52.0 Å². The van der Waals surface area contributed by atoms with Gasteiger partial charge in [-0.1, -0.05) is 12.1 Å². The number of nitrogens with one attached hydrogen (secondary N) is 1. The van der Waals surface area contributed by atoms with E-state index in [9.17, 15) is 24.5 Å². The number of Topliss-reactive ketones (excluding diaryl/α,β-unsaturated/α-hetero) is 1. The first kappa shape index (κ1) is 22.5. The van der Waals surface area contributed by atoms with Gasteiger partial charge in [-0.3, -0.25) is 20.2 Å². The molecule has 0 unspecified atom stereocenters. The van der Waals surface area contributed by atoms with Gasteiger partial charge in [0, 0.05) is 22.9 Å².